The van der Waals surface area contributed by atoms with Crippen molar-refractivity contribution in [1.29, 1.82) is 0 Å². The predicted molar refractivity (Wildman–Crippen MR) is 106 cm³/mol. The Balaban J connectivity index is 1.92. The van der Waals surface area contributed by atoms with Gasteiger partial charge in [0, 0.05) is 25.9 Å². The number of hydrogen-bond donors (Lipinski definition) is 4. The minimum Gasteiger partial charge on any atom is -0.494 e. The quantitative estimate of drug-likeness (QED) is 0.384. The molecule has 0 bridgehead atoms. The number of ether oxygens (including phenoxy) is 2. The maximum absolute atomic E-state index is 12.6. The first-order valence-corrected chi connectivity index (χ1v) is 9.05. The number of hydrogen-bond acceptors (Lipinski definition) is 7. The summed E-state index contributed by atoms with van der Waals surface area (Å²) in [5.41, 5.74) is 0.288. The molecule has 0 saturated carbocycles. The summed E-state index contributed by atoms with van der Waals surface area (Å²) >= 11 is 0. The molecule has 0 saturated heterocycles. The van der Waals surface area contributed by atoms with E-state index in [9.17, 15) is 19.6 Å². The first-order chi connectivity index (χ1) is 14.0. The molecule has 0 aliphatic heterocycles. The lowest BCUT2D eigenvalue weighted by Gasteiger charge is -2.22. The average Bonchev–Trinajstić information content (AvgIpc) is 2.73. The van der Waals surface area contributed by atoms with Gasteiger partial charge < -0.3 is 30.2 Å². The van der Waals surface area contributed by atoms with E-state index in [1.54, 1.807) is 24.3 Å². The number of nitrogens with zero attached hydrogens (tertiary/aromatic N) is 1. The van der Waals surface area contributed by atoms with Crippen LogP contribution in [0.25, 0.3) is 0 Å². The zero-order valence-electron chi connectivity index (χ0n) is 16.0. The van der Waals surface area contributed by atoms with Gasteiger partial charge in [-0.1, -0.05) is 18.2 Å². The van der Waals surface area contributed by atoms with Crippen molar-refractivity contribution in [3.63, 3.8) is 0 Å². The molecular weight excluding hydrogens is 377 g/mol. The highest BCUT2D eigenvalue weighted by atomic mass is 16.5. The van der Waals surface area contributed by atoms with Gasteiger partial charge in [0.15, 0.2) is 0 Å². The summed E-state index contributed by atoms with van der Waals surface area (Å²) in [7, 11) is -0.404. The van der Waals surface area contributed by atoms with E-state index in [1.165, 1.54) is 19.5 Å². The number of benzene rings is 1. The Morgan fingerprint density at radius 2 is 1.90 bits per heavy atom. The van der Waals surface area contributed by atoms with E-state index in [1.807, 2.05) is 18.2 Å². The van der Waals surface area contributed by atoms with Gasteiger partial charge in [-0.3, -0.25) is 14.6 Å². The van der Waals surface area contributed by atoms with Gasteiger partial charge >= 0.3 is 7.12 Å². The molecule has 0 spiro atoms. The molecule has 2 rings (SSSR count). The normalized spacial score (nSPS) is 12.5. The molecule has 10 heteroatoms. The Morgan fingerprint density at radius 3 is 2.52 bits per heavy atom. The van der Waals surface area contributed by atoms with Gasteiger partial charge in [0.25, 0.3) is 5.91 Å². The lowest BCUT2D eigenvalue weighted by Crippen LogP contribution is -2.55. The van der Waals surface area contributed by atoms with Crippen LogP contribution < -0.4 is 15.4 Å². The van der Waals surface area contributed by atoms with Crippen molar-refractivity contribution >= 4 is 18.9 Å². The van der Waals surface area contributed by atoms with Crippen LogP contribution in [0.1, 0.15) is 16.8 Å². The molecule has 0 aliphatic carbocycles. The number of para-hydroxylation sites is 1. The third-order valence-electron chi connectivity index (χ3n) is 4.01. The van der Waals surface area contributed by atoms with Gasteiger partial charge in [-0.05, 0) is 24.3 Å². The minimum atomic E-state index is -1.80. The molecule has 1 aromatic carbocycles. The second-order valence-electron chi connectivity index (χ2n) is 6.20. The van der Waals surface area contributed by atoms with Gasteiger partial charge in [-0.2, -0.15) is 0 Å². The van der Waals surface area contributed by atoms with Crippen molar-refractivity contribution in [2.75, 3.05) is 20.3 Å². The first-order valence-electron chi connectivity index (χ1n) is 9.05. The Labute approximate surface area is 169 Å². The fourth-order valence-electron chi connectivity index (χ4n) is 2.49. The van der Waals surface area contributed by atoms with Crippen LogP contribution in [0.3, 0.4) is 0 Å². The van der Waals surface area contributed by atoms with Crippen LogP contribution in [0.4, 0.5) is 0 Å². The van der Waals surface area contributed by atoms with Crippen molar-refractivity contribution in [2.45, 2.75) is 18.4 Å². The predicted octanol–water partition coefficient (Wildman–Crippen LogP) is -0.208. The molecular formula is C19H24BN3O6. The zero-order chi connectivity index (χ0) is 21.1. The molecule has 9 nitrogen and oxygen atoms in total. The zero-order valence-corrected chi connectivity index (χ0v) is 16.0. The van der Waals surface area contributed by atoms with E-state index < -0.39 is 30.9 Å². The second kappa shape index (κ2) is 11.8. The minimum absolute atomic E-state index is 0.0907. The van der Waals surface area contributed by atoms with E-state index in [-0.39, 0.29) is 25.2 Å². The van der Waals surface area contributed by atoms with Gasteiger partial charge in [-0.15, -0.1) is 0 Å². The molecule has 0 aliphatic rings. The molecule has 4 N–H and O–H groups in total. The first kappa shape index (κ1) is 22.3. The highest BCUT2D eigenvalue weighted by Gasteiger charge is 2.29. The van der Waals surface area contributed by atoms with Crippen LogP contribution in [0.15, 0.2) is 54.9 Å². The third-order valence-corrected chi connectivity index (χ3v) is 4.01. The van der Waals surface area contributed by atoms with Crippen LogP contribution in [0.5, 0.6) is 5.75 Å². The molecule has 154 valence electrons. The summed E-state index contributed by atoms with van der Waals surface area (Å²) in [6, 6.07) is 11.2. The van der Waals surface area contributed by atoms with E-state index in [0.717, 1.165) is 0 Å². The van der Waals surface area contributed by atoms with Crippen LogP contribution in [-0.4, -0.2) is 66.3 Å². The molecule has 2 aromatic rings. The summed E-state index contributed by atoms with van der Waals surface area (Å²) in [4.78, 5) is 28.7. The van der Waals surface area contributed by atoms with Crippen molar-refractivity contribution in [1.82, 2.24) is 15.6 Å². The van der Waals surface area contributed by atoms with E-state index in [4.69, 9.17) is 9.47 Å². The van der Waals surface area contributed by atoms with Gasteiger partial charge in [0.05, 0.1) is 24.7 Å². The van der Waals surface area contributed by atoms with Crippen LogP contribution >= 0.6 is 0 Å². The maximum atomic E-state index is 12.6. The summed E-state index contributed by atoms with van der Waals surface area (Å²) < 4.78 is 10.5. The smallest absolute Gasteiger partial charge is 0.475 e. The number of carbonyl (C=O) groups is 2. The monoisotopic (exact) mass is 401 g/mol. The molecule has 0 radical (unpaired) electrons. The van der Waals surface area contributed by atoms with Crippen LogP contribution in [-0.2, 0) is 9.53 Å². The van der Waals surface area contributed by atoms with E-state index in [2.05, 4.69) is 15.6 Å². The lowest BCUT2D eigenvalue weighted by molar-refractivity contribution is -0.124. The molecule has 2 atom stereocenters. The topological polar surface area (TPSA) is 130 Å². The van der Waals surface area contributed by atoms with Crippen LogP contribution in [0, 0.1) is 0 Å². The number of rotatable bonds is 11. The van der Waals surface area contributed by atoms with Gasteiger partial charge in [0.2, 0.25) is 5.91 Å². The summed E-state index contributed by atoms with van der Waals surface area (Å²) in [6.45, 7) is 0.0656. The van der Waals surface area contributed by atoms with Crippen molar-refractivity contribution in [3.05, 3.63) is 60.4 Å². The standard InChI is InChI=1S/C19H24BN3O6/c1-28-13-16(22-18(24)14-6-5-10-21-12-14)19(25)23-17(20(26)27)9-11-29-15-7-3-2-4-8-15/h2-8,10,12,16-17,26-27H,9,11,13H2,1H3,(H,22,24)(H,23,25)/t16?,17-/m0/s1. The summed E-state index contributed by atoms with van der Waals surface area (Å²) in [6.07, 6.45) is 3.05. The van der Waals surface area contributed by atoms with Gasteiger partial charge in [0.1, 0.15) is 11.8 Å². The van der Waals surface area contributed by atoms with E-state index >= 15 is 0 Å². The SMILES string of the molecule is COCC(NC(=O)c1cccnc1)C(=O)N[C@@H](CCOc1ccccc1)B(O)O. The number of amides is 2. The van der Waals surface area contributed by atoms with Crippen molar-refractivity contribution < 1.29 is 29.1 Å². The van der Waals surface area contributed by atoms with Gasteiger partial charge in [-0.25, -0.2) is 0 Å². The summed E-state index contributed by atoms with van der Waals surface area (Å²) in [5, 5.41) is 24.2. The number of aromatic nitrogens is 1. The Bertz CT molecular complexity index is 763. The highest BCUT2D eigenvalue weighted by molar-refractivity contribution is 6.43. The Kier molecular flexibility index (Phi) is 9.09. The molecule has 29 heavy (non-hydrogen) atoms. The molecule has 1 unspecified atom stereocenters. The fraction of sp³-hybridized carbons (Fsp3) is 0.316. The Hall–Kier alpha value is -2.95. The fourth-order valence-corrected chi connectivity index (χ4v) is 2.49. The molecule has 0 fully saturated rings. The van der Waals surface area contributed by atoms with E-state index in [0.29, 0.717) is 5.75 Å². The largest absolute Gasteiger partial charge is 0.494 e. The highest BCUT2D eigenvalue weighted by Crippen LogP contribution is 2.09. The van der Waals surface area contributed by atoms with Crippen molar-refractivity contribution in [3.8, 4) is 5.75 Å². The molecule has 1 heterocycles. The second-order valence-corrected chi connectivity index (χ2v) is 6.20. The number of nitrogens with one attached hydrogen (secondary N) is 2. The summed E-state index contributed by atoms with van der Waals surface area (Å²) in [5.74, 6) is -1.46. The maximum Gasteiger partial charge on any atom is 0.475 e. The average molecular weight is 401 g/mol. The number of methoxy groups -OCH3 is 1. The molecule has 2 amide bonds. The Morgan fingerprint density at radius 1 is 1.14 bits per heavy atom. The van der Waals surface area contributed by atoms with Crippen molar-refractivity contribution in [2.24, 2.45) is 0 Å². The number of carbonyl (C=O) groups excluding carboxylic acids is 2. The lowest BCUT2D eigenvalue weighted by atomic mass is 9.77. The molecule has 1 aromatic heterocycles. The third kappa shape index (κ3) is 7.53. The number of pyridine rings is 1. The van der Waals surface area contributed by atoms with Crippen LogP contribution in [0.2, 0.25) is 0 Å².